The highest BCUT2D eigenvalue weighted by molar-refractivity contribution is 8.00. The minimum Gasteiger partial charge on any atom is -0.350 e. The predicted molar refractivity (Wildman–Crippen MR) is 84.9 cm³/mol. The monoisotopic (exact) mass is 331 g/mol. The molecule has 0 aromatic heterocycles. The first-order valence-corrected chi connectivity index (χ1v) is 9.13. The van der Waals surface area contributed by atoms with Gasteiger partial charge in [-0.1, -0.05) is 0 Å². The summed E-state index contributed by atoms with van der Waals surface area (Å²) in [7, 11) is 0. The number of nitrogens with one attached hydrogen (secondary N) is 1. The number of nitrogens with zero attached hydrogens (tertiary/aromatic N) is 2. The van der Waals surface area contributed by atoms with Crippen LogP contribution in [-0.2, 0) is 14.4 Å². The van der Waals surface area contributed by atoms with E-state index in [0.717, 1.165) is 0 Å². The van der Waals surface area contributed by atoms with Gasteiger partial charge in [0.2, 0.25) is 17.7 Å². The molecule has 118 valence electrons. The lowest BCUT2D eigenvalue weighted by atomic mass is 10.1. The smallest absolute Gasteiger partial charge is 0.244 e. The maximum Gasteiger partial charge on any atom is 0.244 e. The Bertz CT molecular complexity index is 450. The predicted octanol–water partition coefficient (Wildman–Crippen LogP) is 0.336. The van der Waals surface area contributed by atoms with Gasteiger partial charge < -0.3 is 15.1 Å². The lowest BCUT2D eigenvalue weighted by Crippen LogP contribution is -2.53. The van der Waals surface area contributed by atoms with E-state index in [-0.39, 0.29) is 29.8 Å². The number of thioether (sulfide) groups is 2. The molecule has 0 aliphatic carbocycles. The standard InChI is InChI=1S/C13H21N3O3S2/c1-13(2,3)14-12(19)9-5-20-8-16(9)10(17)4-15-7-21-6-11(15)18/h9H,4-8H2,1-3H3,(H,14,19). The molecule has 2 aliphatic heterocycles. The number of amides is 3. The first-order chi connectivity index (χ1) is 9.78. The average Bonchev–Trinajstić information content (AvgIpc) is 2.96. The van der Waals surface area contributed by atoms with Gasteiger partial charge in [0, 0.05) is 11.3 Å². The summed E-state index contributed by atoms with van der Waals surface area (Å²) in [4.78, 5) is 39.3. The second kappa shape index (κ2) is 6.48. The minimum atomic E-state index is -0.438. The fourth-order valence-electron chi connectivity index (χ4n) is 2.15. The zero-order chi connectivity index (χ0) is 15.6. The molecule has 2 saturated heterocycles. The highest BCUT2D eigenvalue weighted by atomic mass is 32.2. The Morgan fingerprint density at radius 2 is 2.00 bits per heavy atom. The van der Waals surface area contributed by atoms with Crippen molar-refractivity contribution < 1.29 is 14.4 Å². The van der Waals surface area contributed by atoms with Gasteiger partial charge in [0.25, 0.3) is 0 Å². The average molecular weight is 331 g/mol. The molecule has 0 spiro atoms. The molecule has 6 nitrogen and oxygen atoms in total. The van der Waals surface area contributed by atoms with Crippen molar-refractivity contribution in [2.45, 2.75) is 32.4 Å². The third-order valence-electron chi connectivity index (χ3n) is 3.15. The van der Waals surface area contributed by atoms with Crippen LogP contribution in [-0.4, -0.2) is 68.9 Å². The summed E-state index contributed by atoms with van der Waals surface area (Å²) in [6.45, 7) is 5.82. The Hall–Kier alpha value is -0.890. The van der Waals surface area contributed by atoms with Crippen molar-refractivity contribution in [3.05, 3.63) is 0 Å². The van der Waals surface area contributed by atoms with Gasteiger partial charge >= 0.3 is 0 Å². The second-order valence-electron chi connectivity index (χ2n) is 6.19. The molecule has 1 N–H and O–H groups in total. The Balaban J connectivity index is 1.96. The molecule has 1 unspecified atom stereocenters. The van der Waals surface area contributed by atoms with E-state index in [0.29, 0.717) is 23.3 Å². The van der Waals surface area contributed by atoms with Crippen LogP contribution >= 0.6 is 23.5 Å². The van der Waals surface area contributed by atoms with Crippen molar-refractivity contribution in [2.75, 3.05) is 29.8 Å². The van der Waals surface area contributed by atoms with Gasteiger partial charge in [-0.25, -0.2) is 0 Å². The van der Waals surface area contributed by atoms with Crippen LogP contribution in [0.15, 0.2) is 0 Å². The number of carbonyl (C=O) groups excluding carboxylic acids is 3. The molecule has 2 fully saturated rings. The van der Waals surface area contributed by atoms with Gasteiger partial charge in [0.15, 0.2) is 0 Å². The van der Waals surface area contributed by atoms with E-state index in [1.165, 1.54) is 11.8 Å². The van der Waals surface area contributed by atoms with Crippen molar-refractivity contribution in [2.24, 2.45) is 0 Å². The van der Waals surface area contributed by atoms with Crippen molar-refractivity contribution in [1.82, 2.24) is 15.1 Å². The van der Waals surface area contributed by atoms with Gasteiger partial charge in [0.05, 0.1) is 17.5 Å². The van der Waals surface area contributed by atoms with Crippen LogP contribution in [0.4, 0.5) is 0 Å². The summed E-state index contributed by atoms with van der Waals surface area (Å²) in [5, 5.41) is 2.92. The molecule has 0 bridgehead atoms. The molecule has 2 aliphatic rings. The van der Waals surface area contributed by atoms with Crippen LogP contribution in [0.3, 0.4) is 0 Å². The zero-order valence-corrected chi connectivity index (χ0v) is 14.2. The maximum absolute atomic E-state index is 12.4. The van der Waals surface area contributed by atoms with Crippen molar-refractivity contribution >= 4 is 41.2 Å². The largest absolute Gasteiger partial charge is 0.350 e. The van der Waals surface area contributed by atoms with Crippen molar-refractivity contribution in [3.63, 3.8) is 0 Å². The summed E-state index contributed by atoms with van der Waals surface area (Å²) in [6.07, 6.45) is 0. The van der Waals surface area contributed by atoms with E-state index in [1.54, 1.807) is 21.6 Å². The van der Waals surface area contributed by atoms with Crippen LogP contribution in [0.5, 0.6) is 0 Å². The fourth-order valence-corrected chi connectivity index (χ4v) is 4.24. The van der Waals surface area contributed by atoms with Gasteiger partial charge in [0.1, 0.15) is 12.6 Å². The summed E-state index contributed by atoms with van der Waals surface area (Å²) in [5.41, 5.74) is -0.319. The topological polar surface area (TPSA) is 69.7 Å². The van der Waals surface area contributed by atoms with Gasteiger partial charge in [-0.3, -0.25) is 14.4 Å². The lowest BCUT2D eigenvalue weighted by molar-refractivity contribution is -0.141. The van der Waals surface area contributed by atoms with Crippen LogP contribution in [0, 0.1) is 0 Å². The van der Waals surface area contributed by atoms with Crippen LogP contribution in [0.1, 0.15) is 20.8 Å². The van der Waals surface area contributed by atoms with Crippen LogP contribution < -0.4 is 5.32 Å². The zero-order valence-electron chi connectivity index (χ0n) is 12.5. The van der Waals surface area contributed by atoms with E-state index in [2.05, 4.69) is 5.32 Å². The highest BCUT2D eigenvalue weighted by Gasteiger charge is 2.37. The SMILES string of the molecule is CC(C)(C)NC(=O)C1CSCN1C(=O)CN1CSCC1=O. The number of rotatable bonds is 3. The van der Waals surface area contributed by atoms with Gasteiger partial charge in [-0.05, 0) is 20.8 Å². The molecule has 0 aromatic carbocycles. The third-order valence-corrected chi connectivity index (χ3v) is 5.11. The molecule has 0 radical (unpaired) electrons. The summed E-state index contributed by atoms with van der Waals surface area (Å²) in [6, 6.07) is -0.438. The van der Waals surface area contributed by atoms with Crippen LogP contribution in [0.2, 0.25) is 0 Å². The van der Waals surface area contributed by atoms with Crippen molar-refractivity contribution in [1.29, 1.82) is 0 Å². The summed E-state index contributed by atoms with van der Waals surface area (Å²) >= 11 is 3.08. The highest BCUT2D eigenvalue weighted by Crippen LogP contribution is 2.23. The summed E-state index contributed by atoms with van der Waals surface area (Å²) in [5.74, 6) is 1.84. The number of carbonyl (C=O) groups is 3. The van der Waals surface area contributed by atoms with E-state index >= 15 is 0 Å². The van der Waals surface area contributed by atoms with Crippen LogP contribution in [0.25, 0.3) is 0 Å². The first-order valence-electron chi connectivity index (χ1n) is 6.83. The van der Waals surface area contributed by atoms with E-state index in [1.807, 2.05) is 20.8 Å². The minimum absolute atomic E-state index is 0.00380. The Morgan fingerprint density at radius 1 is 1.29 bits per heavy atom. The van der Waals surface area contributed by atoms with E-state index in [4.69, 9.17) is 0 Å². The Morgan fingerprint density at radius 3 is 2.57 bits per heavy atom. The molecule has 0 aromatic rings. The molecule has 1 atom stereocenters. The normalized spacial score (nSPS) is 22.8. The molecule has 8 heteroatoms. The number of hydrogen-bond donors (Lipinski definition) is 1. The molecule has 2 heterocycles. The van der Waals surface area contributed by atoms with E-state index in [9.17, 15) is 14.4 Å². The fraction of sp³-hybridized carbons (Fsp3) is 0.769. The lowest BCUT2D eigenvalue weighted by Gasteiger charge is -2.28. The summed E-state index contributed by atoms with van der Waals surface area (Å²) < 4.78 is 0. The number of hydrogen-bond acceptors (Lipinski definition) is 5. The van der Waals surface area contributed by atoms with Crippen molar-refractivity contribution in [3.8, 4) is 0 Å². The molecule has 2 rings (SSSR count). The molecule has 0 saturated carbocycles. The quantitative estimate of drug-likeness (QED) is 0.807. The van der Waals surface area contributed by atoms with Gasteiger partial charge in [-0.2, -0.15) is 0 Å². The molecule has 21 heavy (non-hydrogen) atoms. The Labute approximate surface area is 133 Å². The van der Waals surface area contributed by atoms with E-state index < -0.39 is 6.04 Å². The third kappa shape index (κ3) is 4.29. The molecular formula is C13H21N3O3S2. The first kappa shape index (κ1) is 16.5. The maximum atomic E-state index is 12.4. The van der Waals surface area contributed by atoms with Gasteiger partial charge in [-0.15, -0.1) is 23.5 Å². The molecule has 3 amide bonds. The Kier molecular flexibility index (Phi) is 5.08. The second-order valence-corrected chi connectivity index (χ2v) is 8.14. The molecular weight excluding hydrogens is 310 g/mol.